The molecule has 4 nitrogen and oxygen atoms in total. The summed E-state index contributed by atoms with van der Waals surface area (Å²) in [5.74, 6) is 0.0303. The Kier molecular flexibility index (Phi) is 5.36. The Labute approximate surface area is 122 Å². The summed E-state index contributed by atoms with van der Waals surface area (Å²) in [7, 11) is 0. The first-order chi connectivity index (χ1) is 9.19. The van der Waals surface area contributed by atoms with Gasteiger partial charge < -0.3 is 11.1 Å². The van der Waals surface area contributed by atoms with E-state index in [9.17, 15) is 4.79 Å². The molecule has 3 N–H and O–H groups in total. The van der Waals surface area contributed by atoms with Gasteiger partial charge >= 0.3 is 0 Å². The number of carbonyl (C=O) groups is 1. The largest absolute Gasteiger partial charge is 0.329 e. The van der Waals surface area contributed by atoms with Crippen LogP contribution in [0.3, 0.4) is 0 Å². The number of piperidine rings is 1. The van der Waals surface area contributed by atoms with E-state index in [0.29, 0.717) is 19.1 Å². The van der Waals surface area contributed by atoms with E-state index in [1.54, 1.807) is 0 Å². The second-order valence-corrected chi connectivity index (χ2v) is 5.83. The summed E-state index contributed by atoms with van der Waals surface area (Å²) in [6, 6.07) is 7.96. The van der Waals surface area contributed by atoms with Gasteiger partial charge in [-0.25, -0.2) is 0 Å². The van der Waals surface area contributed by atoms with Crippen molar-refractivity contribution in [2.45, 2.75) is 25.3 Å². The fourth-order valence-corrected chi connectivity index (χ4v) is 2.72. The first kappa shape index (κ1) is 14.5. The van der Waals surface area contributed by atoms with Gasteiger partial charge in [-0.2, -0.15) is 0 Å². The number of nitrogens with one attached hydrogen (secondary N) is 1. The maximum atomic E-state index is 12.0. The molecule has 0 radical (unpaired) electrons. The maximum absolute atomic E-state index is 12.0. The van der Waals surface area contributed by atoms with Gasteiger partial charge in [-0.3, -0.25) is 9.69 Å². The number of rotatable bonds is 4. The Morgan fingerprint density at radius 2 is 2.11 bits per heavy atom. The SMILES string of the molecule is NCC1CCCCN1CC(=O)Nc1ccc(Br)cc1. The summed E-state index contributed by atoms with van der Waals surface area (Å²) in [5, 5.41) is 2.92. The van der Waals surface area contributed by atoms with Crippen molar-refractivity contribution in [3.63, 3.8) is 0 Å². The van der Waals surface area contributed by atoms with Gasteiger partial charge in [-0.1, -0.05) is 22.4 Å². The molecular formula is C14H20BrN3O. The third-order valence-corrected chi connectivity index (χ3v) is 4.02. The Morgan fingerprint density at radius 3 is 2.79 bits per heavy atom. The Morgan fingerprint density at radius 1 is 1.37 bits per heavy atom. The van der Waals surface area contributed by atoms with Crippen LogP contribution in [0.4, 0.5) is 5.69 Å². The van der Waals surface area contributed by atoms with Crippen molar-refractivity contribution < 1.29 is 4.79 Å². The Balaban J connectivity index is 1.88. The van der Waals surface area contributed by atoms with Crippen molar-refractivity contribution in [2.75, 3.05) is 25.0 Å². The monoisotopic (exact) mass is 325 g/mol. The lowest BCUT2D eigenvalue weighted by molar-refractivity contribution is -0.118. The van der Waals surface area contributed by atoms with E-state index < -0.39 is 0 Å². The highest BCUT2D eigenvalue weighted by molar-refractivity contribution is 9.10. The molecule has 0 spiro atoms. The van der Waals surface area contributed by atoms with Crippen LogP contribution in [0.15, 0.2) is 28.7 Å². The lowest BCUT2D eigenvalue weighted by Crippen LogP contribution is -2.47. The zero-order valence-electron chi connectivity index (χ0n) is 10.9. The predicted molar refractivity (Wildman–Crippen MR) is 81.0 cm³/mol. The van der Waals surface area contributed by atoms with Crippen molar-refractivity contribution in [1.29, 1.82) is 0 Å². The predicted octanol–water partition coefficient (Wildman–Crippen LogP) is 2.20. The molecule has 1 aliphatic heterocycles. The highest BCUT2D eigenvalue weighted by Crippen LogP contribution is 2.17. The molecule has 0 saturated carbocycles. The van der Waals surface area contributed by atoms with E-state index in [-0.39, 0.29) is 5.91 Å². The quantitative estimate of drug-likeness (QED) is 0.892. The molecule has 0 aliphatic carbocycles. The zero-order valence-corrected chi connectivity index (χ0v) is 12.5. The third kappa shape index (κ3) is 4.30. The fraction of sp³-hybridized carbons (Fsp3) is 0.500. The molecule has 19 heavy (non-hydrogen) atoms. The number of hydrogen-bond donors (Lipinski definition) is 2. The average molecular weight is 326 g/mol. The number of halogens is 1. The van der Waals surface area contributed by atoms with Gasteiger partial charge in [0, 0.05) is 22.7 Å². The van der Waals surface area contributed by atoms with Crippen molar-refractivity contribution in [3.8, 4) is 0 Å². The number of benzene rings is 1. The van der Waals surface area contributed by atoms with Crippen LogP contribution in [0.1, 0.15) is 19.3 Å². The number of amides is 1. The smallest absolute Gasteiger partial charge is 0.238 e. The van der Waals surface area contributed by atoms with Gasteiger partial charge in [0.05, 0.1) is 6.54 Å². The van der Waals surface area contributed by atoms with Gasteiger partial charge in [0.15, 0.2) is 0 Å². The molecule has 1 saturated heterocycles. The molecule has 0 bridgehead atoms. The molecule has 1 fully saturated rings. The van der Waals surface area contributed by atoms with Crippen LogP contribution in [0, 0.1) is 0 Å². The molecule has 1 aromatic carbocycles. The lowest BCUT2D eigenvalue weighted by atomic mass is 10.0. The Hall–Kier alpha value is -0.910. The van der Waals surface area contributed by atoms with Crippen LogP contribution >= 0.6 is 15.9 Å². The maximum Gasteiger partial charge on any atom is 0.238 e. The molecule has 1 heterocycles. The van der Waals surface area contributed by atoms with E-state index in [2.05, 4.69) is 26.1 Å². The van der Waals surface area contributed by atoms with Gasteiger partial charge in [0.2, 0.25) is 5.91 Å². The minimum Gasteiger partial charge on any atom is -0.329 e. The molecule has 1 unspecified atom stereocenters. The molecule has 5 heteroatoms. The van der Waals surface area contributed by atoms with E-state index in [4.69, 9.17) is 5.73 Å². The van der Waals surface area contributed by atoms with Crippen molar-refractivity contribution in [1.82, 2.24) is 4.90 Å². The molecular weight excluding hydrogens is 306 g/mol. The first-order valence-corrected chi connectivity index (χ1v) is 7.48. The van der Waals surface area contributed by atoms with E-state index in [1.807, 2.05) is 24.3 Å². The molecule has 1 aromatic rings. The molecule has 1 atom stereocenters. The van der Waals surface area contributed by atoms with Gasteiger partial charge in [0.25, 0.3) is 0 Å². The van der Waals surface area contributed by atoms with E-state index in [1.165, 1.54) is 6.42 Å². The number of likely N-dealkylation sites (tertiary alicyclic amines) is 1. The molecule has 0 aromatic heterocycles. The zero-order chi connectivity index (χ0) is 13.7. The summed E-state index contributed by atoms with van der Waals surface area (Å²) in [4.78, 5) is 14.2. The van der Waals surface area contributed by atoms with Crippen molar-refractivity contribution in [3.05, 3.63) is 28.7 Å². The lowest BCUT2D eigenvalue weighted by Gasteiger charge is -2.34. The number of nitrogens with zero attached hydrogens (tertiary/aromatic N) is 1. The van der Waals surface area contributed by atoms with Crippen LogP contribution in [0.25, 0.3) is 0 Å². The van der Waals surface area contributed by atoms with Crippen molar-refractivity contribution >= 4 is 27.5 Å². The summed E-state index contributed by atoms with van der Waals surface area (Å²) < 4.78 is 1.00. The topological polar surface area (TPSA) is 58.4 Å². The van der Waals surface area contributed by atoms with Crippen LogP contribution in [0.5, 0.6) is 0 Å². The second kappa shape index (κ2) is 7.03. The van der Waals surface area contributed by atoms with Gasteiger partial charge in [-0.05, 0) is 43.7 Å². The standard InChI is InChI=1S/C14H20BrN3O/c15-11-4-6-12(7-5-11)17-14(19)10-18-8-2-1-3-13(18)9-16/h4-7,13H,1-3,8-10,16H2,(H,17,19). The Bertz CT molecular complexity index is 421. The van der Waals surface area contributed by atoms with Crippen LogP contribution in [0.2, 0.25) is 0 Å². The van der Waals surface area contributed by atoms with Crippen LogP contribution in [-0.2, 0) is 4.79 Å². The summed E-state index contributed by atoms with van der Waals surface area (Å²) in [6.45, 7) is 2.03. The normalized spacial score (nSPS) is 20.2. The second-order valence-electron chi connectivity index (χ2n) is 4.91. The van der Waals surface area contributed by atoms with E-state index >= 15 is 0 Å². The first-order valence-electron chi connectivity index (χ1n) is 6.68. The minimum absolute atomic E-state index is 0.0303. The minimum atomic E-state index is 0.0303. The fourth-order valence-electron chi connectivity index (χ4n) is 2.45. The van der Waals surface area contributed by atoms with Gasteiger partial charge in [0.1, 0.15) is 0 Å². The summed E-state index contributed by atoms with van der Waals surface area (Å²) in [6.07, 6.45) is 3.47. The molecule has 2 rings (SSSR count). The van der Waals surface area contributed by atoms with Crippen molar-refractivity contribution in [2.24, 2.45) is 5.73 Å². The average Bonchev–Trinajstić information content (AvgIpc) is 2.42. The number of carbonyl (C=O) groups excluding carboxylic acids is 1. The summed E-state index contributed by atoms with van der Waals surface area (Å²) in [5.41, 5.74) is 6.59. The van der Waals surface area contributed by atoms with Gasteiger partial charge in [-0.15, -0.1) is 0 Å². The highest BCUT2D eigenvalue weighted by Gasteiger charge is 2.22. The number of hydrogen-bond acceptors (Lipinski definition) is 3. The number of nitrogens with two attached hydrogens (primary N) is 1. The van der Waals surface area contributed by atoms with Crippen LogP contribution in [-0.4, -0.2) is 36.5 Å². The summed E-state index contributed by atoms with van der Waals surface area (Å²) >= 11 is 3.37. The number of anilines is 1. The molecule has 1 amide bonds. The van der Waals surface area contributed by atoms with E-state index in [0.717, 1.165) is 29.5 Å². The molecule has 1 aliphatic rings. The third-order valence-electron chi connectivity index (χ3n) is 3.50. The molecule has 104 valence electrons. The van der Waals surface area contributed by atoms with Crippen LogP contribution < -0.4 is 11.1 Å². The highest BCUT2D eigenvalue weighted by atomic mass is 79.9.